The number of hydrogen-bond acceptors (Lipinski definition) is 3. The molecule has 1 aromatic carbocycles. The highest BCUT2D eigenvalue weighted by Crippen LogP contribution is 2.38. The molecule has 0 spiro atoms. The number of aryl methyl sites for hydroxylation is 1. The summed E-state index contributed by atoms with van der Waals surface area (Å²) in [5, 5.41) is 0. The third kappa shape index (κ3) is 4.50. The van der Waals surface area contributed by atoms with Gasteiger partial charge in [-0.15, -0.1) is 0 Å². The van der Waals surface area contributed by atoms with E-state index < -0.39 is 5.79 Å². The normalized spacial score (nSPS) is 19.0. The summed E-state index contributed by atoms with van der Waals surface area (Å²) in [6, 6.07) is 10.6. The fourth-order valence-corrected chi connectivity index (χ4v) is 3.49. The molecule has 0 radical (unpaired) electrons. The molecule has 4 heteroatoms. The third-order valence-electron chi connectivity index (χ3n) is 5.63. The summed E-state index contributed by atoms with van der Waals surface area (Å²) < 4.78 is 14.9. The van der Waals surface area contributed by atoms with Crippen LogP contribution in [0.25, 0.3) is 0 Å². The number of hydrogen-bond donors (Lipinski definition) is 0. The molecule has 0 saturated carbocycles. The first-order valence-electron chi connectivity index (χ1n) is 9.47. The van der Waals surface area contributed by atoms with Crippen molar-refractivity contribution >= 4 is 0 Å². The zero-order chi connectivity index (χ0) is 17.6. The standard InChI is InChI=1S/C21H30N2O2/c1-3-20(4-2)16-24-21(25-17-20,15-23-14-13-22-18-23)12-8-11-19-9-6-5-7-10-19/h5-7,9-10,13-14,18H,3-4,8,11-12,15-17H2,1-2H3. The second kappa shape index (κ2) is 8.15. The maximum absolute atomic E-state index is 6.40. The van der Waals surface area contributed by atoms with Crippen LogP contribution in [0.1, 0.15) is 45.1 Å². The number of rotatable bonds is 8. The van der Waals surface area contributed by atoms with Crippen LogP contribution in [-0.2, 0) is 22.4 Å². The molecule has 0 aliphatic carbocycles. The number of aromatic nitrogens is 2. The van der Waals surface area contributed by atoms with E-state index in [1.807, 2.05) is 18.7 Å². The first-order valence-corrected chi connectivity index (χ1v) is 9.47. The average Bonchev–Trinajstić information content (AvgIpc) is 3.16. The summed E-state index contributed by atoms with van der Waals surface area (Å²) in [6.07, 6.45) is 10.8. The van der Waals surface area contributed by atoms with Crippen LogP contribution in [0.15, 0.2) is 49.1 Å². The first kappa shape index (κ1) is 18.2. The molecule has 136 valence electrons. The Morgan fingerprint density at radius 2 is 1.80 bits per heavy atom. The Morgan fingerprint density at radius 1 is 1.08 bits per heavy atom. The van der Waals surface area contributed by atoms with E-state index in [4.69, 9.17) is 9.47 Å². The van der Waals surface area contributed by atoms with Gasteiger partial charge in [0.05, 0.1) is 26.1 Å². The van der Waals surface area contributed by atoms with Gasteiger partial charge >= 0.3 is 0 Å². The van der Waals surface area contributed by atoms with Crippen molar-refractivity contribution in [3.63, 3.8) is 0 Å². The minimum atomic E-state index is -0.538. The Kier molecular flexibility index (Phi) is 5.92. The molecule has 0 atom stereocenters. The third-order valence-corrected chi connectivity index (χ3v) is 5.63. The highest BCUT2D eigenvalue weighted by atomic mass is 16.7. The van der Waals surface area contributed by atoms with Gasteiger partial charge in [0.15, 0.2) is 5.79 Å². The SMILES string of the molecule is CCC1(CC)COC(CCCc2ccccc2)(Cn2ccnc2)OC1. The lowest BCUT2D eigenvalue weighted by molar-refractivity contribution is -0.313. The maximum Gasteiger partial charge on any atom is 0.186 e. The second-order valence-corrected chi connectivity index (χ2v) is 7.27. The van der Waals surface area contributed by atoms with Gasteiger partial charge in [0, 0.05) is 24.2 Å². The Hall–Kier alpha value is -1.65. The predicted molar refractivity (Wildman–Crippen MR) is 99.3 cm³/mol. The molecule has 0 unspecified atom stereocenters. The van der Waals surface area contributed by atoms with E-state index in [-0.39, 0.29) is 5.41 Å². The lowest BCUT2D eigenvalue weighted by Crippen LogP contribution is -2.51. The second-order valence-electron chi connectivity index (χ2n) is 7.27. The van der Waals surface area contributed by atoms with Gasteiger partial charge in [-0.1, -0.05) is 44.2 Å². The molecular formula is C21H30N2O2. The fourth-order valence-electron chi connectivity index (χ4n) is 3.49. The molecule has 2 aromatic rings. The summed E-state index contributed by atoms with van der Waals surface area (Å²) in [5.74, 6) is -0.538. The van der Waals surface area contributed by atoms with Crippen LogP contribution in [0, 0.1) is 5.41 Å². The van der Waals surface area contributed by atoms with Crippen LogP contribution in [0.4, 0.5) is 0 Å². The molecule has 0 amide bonds. The van der Waals surface area contributed by atoms with Crippen molar-refractivity contribution in [3.8, 4) is 0 Å². The van der Waals surface area contributed by atoms with Gasteiger partial charge in [0.2, 0.25) is 0 Å². The minimum Gasteiger partial charge on any atom is -0.348 e. The van der Waals surface area contributed by atoms with Gasteiger partial charge in [-0.25, -0.2) is 4.98 Å². The average molecular weight is 342 g/mol. The molecule has 3 rings (SSSR count). The molecule has 4 nitrogen and oxygen atoms in total. The van der Waals surface area contributed by atoms with Crippen molar-refractivity contribution < 1.29 is 9.47 Å². The maximum atomic E-state index is 6.40. The van der Waals surface area contributed by atoms with Gasteiger partial charge in [0.1, 0.15) is 0 Å². The van der Waals surface area contributed by atoms with Crippen LogP contribution < -0.4 is 0 Å². The van der Waals surface area contributed by atoms with Gasteiger partial charge < -0.3 is 14.0 Å². The van der Waals surface area contributed by atoms with Crippen LogP contribution in [0.2, 0.25) is 0 Å². The van der Waals surface area contributed by atoms with Crippen molar-refractivity contribution in [1.29, 1.82) is 0 Å². The van der Waals surface area contributed by atoms with Gasteiger partial charge in [-0.2, -0.15) is 0 Å². The molecule has 1 fully saturated rings. The summed E-state index contributed by atoms with van der Waals surface area (Å²) >= 11 is 0. The number of imidazole rings is 1. The lowest BCUT2D eigenvalue weighted by Gasteiger charge is -2.46. The molecule has 25 heavy (non-hydrogen) atoms. The Morgan fingerprint density at radius 3 is 2.40 bits per heavy atom. The Bertz CT molecular complexity index is 611. The van der Waals surface area contributed by atoms with Crippen molar-refractivity contribution in [2.24, 2.45) is 5.41 Å². The highest BCUT2D eigenvalue weighted by molar-refractivity contribution is 5.14. The molecule has 0 bridgehead atoms. The lowest BCUT2D eigenvalue weighted by atomic mass is 9.83. The fraction of sp³-hybridized carbons (Fsp3) is 0.571. The summed E-state index contributed by atoms with van der Waals surface area (Å²) in [7, 11) is 0. The van der Waals surface area contributed by atoms with Crippen LogP contribution in [0.3, 0.4) is 0 Å². The zero-order valence-electron chi connectivity index (χ0n) is 15.5. The number of ether oxygens (including phenoxy) is 2. The van der Waals surface area contributed by atoms with Crippen LogP contribution in [-0.4, -0.2) is 28.6 Å². The molecule has 1 aromatic heterocycles. The van der Waals surface area contributed by atoms with Crippen LogP contribution in [0.5, 0.6) is 0 Å². The smallest absolute Gasteiger partial charge is 0.186 e. The molecule has 2 heterocycles. The number of benzene rings is 1. The quantitative estimate of drug-likeness (QED) is 0.711. The van der Waals surface area contributed by atoms with E-state index >= 15 is 0 Å². The molecular weight excluding hydrogens is 312 g/mol. The highest BCUT2D eigenvalue weighted by Gasteiger charge is 2.43. The van der Waals surface area contributed by atoms with E-state index in [0.717, 1.165) is 45.3 Å². The number of nitrogens with zero attached hydrogens (tertiary/aromatic N) is 2. The van der Waals surface area contributed by atoms with E-state index in [0.29, 0.717) is 6.54 Å². The monoisotopic (exact) mass is 342 g/mol. The molecule has 1 aliphatic rings. The summed E-state index contributed by atoms with van der Waals surface area (Å²) in [4.78, 5) is 4.16. The van der Waals surface area contributed by atoms with Gasteiger partial charge in [0.25, 0.3) is 0 Å². The zero-order valence-corrected chi connectivity index (χ0v) is 15.5. The van der Waals surface area contributed by atoms with E-state index in [1.54, 1.807) is 0 Å². The molecule has 1 aliphatic heterocycles. The topological polar surface area (TPSA) is 36.3 Å². The summed E-state index contributed by atoms with van der Waals surface area (Å²) in [5.41, 5.74) is 1.53. The van der Waals surface area contributed by atoms with Gasteiger partial charge in [-0.05, 0) is 31.2 Å². The van der Waals surface area contributed by atoms with Crippen molar-refractivity contribution in [2.75, 3.05) is 13.2 Å². The van der Waals surface area contributed by atoms with E-state index in [1.165, 1.54) is 5.56 Å². The van der Waals surface area contributed by atoms with Crippen molar-refractivity contribution in [2.45, 2.75) is 58.3 Å². The van der Waals surface area contributed by atoms with Crippen LogP contribution >= 0.6 is 0 Å². The van der Waals surface area contributed by atoms with E-state index in [2.05, 4.69) is 53.7 Å². The van der Waals surface area contributed by atoms with Crippen molar-refractivity contribution in [3.05, 3.63) is 54.6 Å². The predicted octanol–water partition coefficient (Wildman–Crippen LogP) is 4.46. The Balaban J connectivity index is 1.65. The van der Waals surface area contributed by atoms with Gasteiger partial charge in [-0.3, -0.25) is 0 Å². The van der Waals surface area contributed by atoms with E-state index in [9.17, 15) is 0 Å². The van der Waals surface area contributed by atoms with Crippen molar-refractivity contribution in [1.82, 2.24) is 9.55 Å². The molecule has 0 N–H and O–H groups in total. The summed E-state index contributed by atoms with van der Waals surface area (Å²) in [6.45, 7) is 6.72. The minimum absolute atomic E-state index is 0.165. The largest absolute Gasteiger partial charge is 0.348 e. The Labute approximate surface area is 151 Å². The molecule has 1 saturated heterocycles. The first-order chi connectivity index (χ1) is 12.2.